The molecule has 0 radical (unpaired) electrons. The molecule has 0 saturated heterocycles. The molecule has 6 nitrogen and oxygen atoms in total. The number of benzene rings is 1. The summed E-state index contributed by atoms with van der Waals surface area (Å²) in [6.45, 7) is 2.22. The SMILES string of the molecule is CCOC(=O)CCNC(=O)Nc1ccccc1O. The lowest BCUT2D eigenvalue weighted by molar-refractivity contribution is -0.142. The van der Waals surface area contributed by atoms with E-state index in [0.717, 1.165) is 0 Å². The van der Waals surface area contributed by atoms with Gasteiger partial charge in [-0.1, -0.05) is 12.1 Å². The Balaban J connectivity index is 2.30. The number of amides is 2. The van der Waals surface area contributed by atoms with Gasteiger partial charge in [-0.3, -0.25) is 4.79 Å². The van der Waals surface area contributed by atoms with Gasteiger partial charge >= 0.3 is 12.0 Å². The second-order valence-corrected chi connectivity index (χ2v) is 3.45. The molecule has 0 aliphatic rings. The smallest absolute Gasteiger partial charge is 0.319 e. The van der Waals surface area contributed by atoms with Crippen LogP contribution in [0.15, 0.2) is 24.3 Å². The lowest BCUT2D eigenvalue weighted by Crippen LogP contribution is -2.30. The molecule has 3 N–H and O–H groups in total. The van der Waals surface area contributed by atoms with Crippen LogP contribution in [-0.2, 0) is 9.53 Å². The van der Waals surface area contributed by atoms with E-state index in [4.69, 9.17) is 4.74 Å². The van der Waals surface area contributed by atoms with Crippen molar-refractivity contribution in [3.8, 4) is 5.75 Å². The number of carbonyl (C=O) groups is 2. The van der Waals surface area contributed by atoms with E-state index < -0.39 is 6.03 Å². The molecule has 6 heteroatoms. The number of phenolic OH excluding ortho intramolecular Hbond substituents is 1. The Morgan fingerprint density at radius 2 is 2.06 bits per heavy atom. The summed E-state index contributed by atoms with van der Waals surface area (Å²) in [5.74, 6) is -0.376. The van der Waals surface area contributed by atoms with Gasteiger partial charge in [-0.2, -0.15) is 0 Å². The van der Waals surface area contributed by atoms with Crippen molar-refractivity contribution < 1.29 is 19.4 Å². The van der Waals surface area contributed by atoms with E-state index in [1.165, 1.54) is 6.07 Å². The number of rotatable bonds is 5. The van der Waals surface area contributed by atoms with Gasteiger partial charge in [0, 0.05) is 6.54 Å². The molecule has 0 unspecified atom stereocenters. The molecule has 0 heterocycles. The summed E-state index contributed by atoms with van der Waals surface area (Å²) in [6.07, 6.45) is 0.113. The zero-order valence-corrected chi connectivity index (χ0v) is 10.1. The van der Waals surface area contributed by atoms with Gasteiger partial charge in [0.1, 0.15) is 5.75 Å². The van der Waals surface area contributed by atoms with E-state index in [0.29, 0.717) is 12.3 Å². The van der Waals surface area contributed by atoms with Crippen LogP contribution in [0.4, 0.5) is 10.5 Å². The van der Waals surface area contributed by atoms with Gasteiger partial charge in [0.15, 0.2) is 0 Å². The van der Waals surface area contributed by atoms with Crippen LogP contribution >= 0.6 is 0 Å². The number of anilines is 1. The van der Waals surface area contributed by atoms with Gasteiger partial charge in [-0.15, -0.1) is 0 Å². The molecule has 0 atom stereocenters. The van der Waals surface area contributed by atoms with Gasteiger partial charge < -0.3 is 20.5 Å². The number of para-hydroxylation sites is 2. The van der Waals surface area contributed by atoms with E-state index in [9.17, 15) is 14.7 Å². The van der Waals surface area contributed by atoms with Gasteiger partial charge in [0.25, 0.3) is 0 Å². The van der Waals surface area contributed by atoms with Crippen LogP contribution in [0.25, 0.3) is 0 Å². The first-order valence-corrected chi connectivity index (χ1v) is 5.62. The first kappa shape index (κ1) is 13.8. The summed E-state index contributed by atoms with van der Waals surface area (Å²) in [5, 5.41) is 14.4. The van der Waals surface area contributed by atoms with Crippen LogP contribution < -0.4 is 10.6 Å². The molecule has 0 saturated carbocycles. The Bertz CT molecular complexity index is 420. The summed E-state index contributed by atoms with van der Waals surface area (Å²) in [7, 11) is 0. The average Bonchev–Trinajstić information content (AvgIpc) is 2.32. The second-order valence-electron chi connectivity index (χ2n) is 3.45. The molecule has 0 spiro atoms. The van der Waals surface area contributed by atoms with Crippen molar-refractivity contribution in [1.29, 1.82) is 0 Å². The number of carbonyl (C=O) groups excluding carboxylic acids is 2. The summed E-state index contributed by atoms with van der Waals surface area (Å²) in [6, 6.07) is 5.89. The quantitative estimate of drug-likeness (QED) is 0.547. The molecule has 18 heavy (non-hydrogen) atoms. The number of phenols is 1. The Morgan fingerprint density at radius 1 is 1.33 bits per heavy atom. The normalized spacial score (nSPS) is 9.61. The Morgan fingerprint density at radius 3 is 2.72 bits per heavy atom. The van der Waals surface area contributed by atoms with E-state index in [2.05, 4.69) is 10.6 Å². The largest absolute Gasteiger partial charge is 0.506 e. The summed E-state index contributed by atoms with van der Waals surface area (Å²) < 4.78 is 4.71. The number of nitrogens with one attached hydrogen (secondary N) is 2. The molecule has 1 aromatic carbocycles. The molecule has 0 aromatic heterocycles. The van der Waals surface area contributed by atoms with Crippen molar-refractivity contribution in [2.24, 2.45) is 0 Å². The van der Waals surface area contributed by atoms with Crippen molar-refractivity contribution in [2.45, 2.75) is 13.3 Å². The number of esters is 1. The van der Waals surface area contributed by atoms with E-state index in [1.54, 1.807) is 25.1 Å². The predicted molar refractivity (Wildman–Crippen MR) is 66.4 cm³/mol. The van der Waals surface area contributed by atoms with E-state index >= 15 is 0 Å². The van der Waals surface area contributed by atoms with Gasteiger partial charge in [-0.25, -0.2) is 4.79 Å². The fourth-order valence-electron chi connectivity index (χ4n) is 1.26. The third-order valence-electron chi connectivity index (χ3n) is 2.07. The highest BCUT2D eigenvalue weighted by molar-refractivity contribution is 5.90. The molecule has 0 bridgehead atoms. The number of urea groups is 1. The third-order valence-corrected chi connectivity index (χ3v) is 2.07. The maximum atomic E-state index is 11.4. The number of hydrogen-bond acceptors (Lipinski definition) is 4. The lowest BCUT2D eigenvalue weighted by atomic mass is 10.3. The number of hydrogen-bond donors (Lipinski definition) is 3. The molecule has 2 amide bonds. The Hall–Kier alpha value is -2.24. The van der Waals surface area contributed by atoms with Gasteiger partial charge in [-0.05, 0) is 19.1 Å². The first-order chi connectivity index (χ1) is 8.63. The van der Waals surface area contributed by atoms with Crippen LogP contribution in [0.1, 0.15) is 13.3 Å². The van der Waals surface area contributed by atoms with Gasteiger partial charge in [0.05, 0.1) is 18.7 Å². The maximum Gasteiger partial charge on any atom is 0.319 e. The minimum Gasteiger partial charge on any atom is -0.506 e. The van der Waals surface area contributed by atoms with Crippen molar-refractivity contribution in [1.82, 2.24) is 5.32 Å². The van der Waals surface area contributed by atoms with E-state index in [1.807, 2.05) is 0 Å². The highest BCUT2D eigenvalue weighted by atomic mass is 16.5. The topological polar surface area (TPSA) is 87.7 Å². The van der Waals surface area contributed by atoms with E-state index in [-0.39, 0.29) is 24.7 Å². The molecular weight excluding hydrogens is 236 g/mol. The zero-order valence-electron chi connectivity index (χ0n) is 10.1. The number of ether oxygens (including phenoxy) is 1. The highest BCUT2D eigenvalue weighted by Crippen LogP contribution is 2.20. The fourth-order valence-corrected chi connectivity index (χ4v) is 1.26. The highest BCUT2D eigenvalue weighted by Gasteiger charge is 2.06. The van der Waals surface area contributed by atoms with Crippen LogP contribution in [0.2, 0.25) is 0 Å². The number of aromatic hydroxyl groups is 1. The summed E-state index contributed by atoms with van der Waals surface area (Å²) in [4.78, 5) is 22.4. The second kappa shape index (κ2) is 7.16. The minimum atomic E-state index is -0.485. The standard InChI is InChI=1S/C12H16N2O4/c1-2-18-11(16)7-8-13-12(17)14-9-5-3-4-6-10(9)15/h3-6,15H,2,7-8H2,1H3,(H2,13,14,17). The maximum absolute atomic E-state index is 11.4. The minimum absolute atomic E-state index is 0.0157. The predicted octanol–water partition coefficient (Wildman–Crippen LogP) is 1.47. The lowest BCUT2D eigenvalue weighted by Gasteiger charge is -2.08. The molecule has 1 aromatic rings. The Kier molecular flexibility index (Phi) is 5.50. The molecular formula is C12H16N2O4. The van der Waals surface area contributed by atoms with Crippen molar-refractivity contribution >= 4 is 17.7 Å². The molecule has 0 aliphatic heterocycles. The van der Waals surface area contributed by atoms with Crippen LogP contribution in [0.3, 0.4) is 0 Å². The first-order valence-electron chi connectivity index (χ1n) is 5.62. The van der Waals surface area contributed by atoms with Crippen LogP contribution in [0.5, 0.6) is 5.75 Å². The molecule has 1 rings (SSSR count). The fraction of sp³-hybridized carbons (Fsp3) is 0.333. The molecule has 98 valence electrons. The van der Waals surface area contributed by atoms with Crippen molar-refractivity contribution in [2.75, 3.05) is 18.5 Å². The molecule has 0 aliphatic carbocycles. The van der Waals surface area contributed by atoms with Crippen molar-refractivity contribution in [3.05, 3.63) is 24.3 Å². The summed E-state index contributed by atoms with van der Waals surface area (Å²) in [5.41, 5.74) is 0.311. The average molecular weight is 252 g/mol. The monoisotopic (exact) mass is 252 g/mol. The van der Waals surface area contributed by atoms with Crippen LogP contribution in [-0.4, -0.2) is 30.3 Å². The zero-order chi connectivity index (χ0) is 13.4. The third kappa shape index (κ3) is 4.73. The van der Waals surface area contributed by atoms with Crippen molar-refractivity contribution in [3.63, 3.8) is 0 Å². The van der Waals surface area contributed by atoms with Gasteiger partial charge in [0.2, 0.25) is 0 Å². The summed E-state index contributed by atoms with van der Waals surface area (Å²) >= 11 is 0. The van der Waals surface area contributed by atoms with Crippen LogP contribution in [0, 0.1) is 0 Å². The molecule has 0 fully saturated rings. The Labute approximate surface area is 105 Å².